The molecule has 2 heterocycles. The Morgan fingerprint density at radius 1 is 1.21 bits per heavy atom. The molecule has 4 rings (SSSR count). The molecule has 0 bridgehead atoms. The van der Waals surface area contributed by atoms with Gasteiger partial charge in [-0.25, -0.2) is 8.42 Å². The molecule has 0 radical (unpaired) electrons. The number of alkyl halides is 3. The molecule has 1 saturated carbocycles. The lowest BCUT2D eigenvalue weighted by Gasteiger charge is -2.20. The number of sulfonamides is 1. The molecule has 0 atom stereocenters. The van der Waals surface area contributed by atoms with Gasteiger partial charge in [0.05, 0.1) is 0 Å². The Morgan fingerprint density at radius 3 is 2.55 bits per heavy atom. The van der Waals surface area contributed by atoms with Crippen molar-refractivity contribution in [1.82, 2.24) is 10.1 Å². The maximum absolute atomic E-state index is 12.6. The second-order valence-corrected chi connectivity index (χ2v) is 9.24. The molecule has 29 heavy (non-hydrogen) atoms. The van der Waals surface area contributed by atoms with Gasteiger partial charge in [0.2, 0.25) is 11.7 Å². The van der Waals surface area contributed by atoms with Gasteiger partial charge in [0.25, 0.3) is 10.0 Å². The van der Waals surface area contributed by atoms with E-state index >= 15 is 0 Å². The molecule has 0 spiro atoms. The van der Waals surface area contributed by atoms with Crippen LogP contribution in [0, 0.1) is 0 Å². The van der Waals surface area contributed by atoms with Crippen LogP contribution in [0.3, 0.4) is 0 Å². The highest BCUT2D eigenvalue weighted by Gasteiger charge is 2.31. The summed E-state index contributed by atoms with van der Waals surface area (Å²) in [4.78, 5) is 4.33. The molecule has 2 aromatic heterocycles. The summed E-state index contributed by atoms with van der Waals surface area (Å²) in [5.74, 6) is 0.696. The molecule has 0 saturated heterocycles. The Hall–Kier alpha value is -2.60. The number of ether oxygens (including phenoxy) is 1. The maximum Gasteiger partial charge on any atom is 0.573 e. The zero-order chi connectivity index (χ0) is 20.6. The summed E-state index contributed by atoms with van der Waals surface area (Å²) in [6.07, 6.45) is -1.69. The fourth-order valence-electron chi connectivity index (χ4n) is 2.68. The SMILES string of the molecule is O=S(=O)(Nc1ccc(OC(F)(F)F)cc1)c1cc(-c2noc(C3CCC3)n2)cs1. The smallest absolute Gasteiger partial charge is 0.406 e. The molecule has 0 amide bonds. The van der Waals surface area contributed by atoms with Crippen molar-refractivity contribution in [3.8, 4) is 17.1 Å². The second-order valence-electron chi connectivity index (χ2n) is 6.42. The number of thiophene rings is 1. The highest BCUT2D eigenvalue weighted by molar-refractivity contribution is 7.94. The molecule has 0 unspecified atom stereocenters. The van der Waals surface area contributed by atoms with Gasteiger partial charge in [-0.2, -0.15) is 4.98 Å². The van der Waals surface area contributed by atoms with Crippen LogP contribution in [0.4, 0.5) is 18.9 Å². The lowest BCUT2D eigenvalue weighted by atomic mass is 9.85. The van der Waals surface area contributed by atoms with Gasteiger partial charge in [0.15, 0.2) is 0 Å². The molecule has 1 aliphatic rings. The van der Waals surface area contributed by atoms with E-state index in [0.717, 1.165) is 42.7 Å². The van der Waals surface area contributed by atoms with Gasteiger partial charge in [0.1, 0.15) is 9.96 Å². The largest absolute Gasteiger partial charge is 0.573 e. The van der Waals surface area contributed by atoms with E-state index in [1.165, 1.54) is 18.2 Å². The normalized spacial score (nSPS) is 15.1. The molecule has 7 nitrogen and oxygen atoms in total. The third-order valence-electron chi connectivity index (χ3n) is 4.33. The first-order valence-corrected chi connectivity index (χ1v) is 10.9. The van der Waals surface area contributed by atoms with E-state index in [-0.39, 0.29) is 15.8 Å². The van der Waals surface area contributed by atoms with Crippen molar-refractivity contribution in [3.63, 3.8) is 0 Å². The summed E-state index contributed by atoms with van der Waals surface area (Å²) in [7, 11) is -3.93. The van der Waals surface area contributed by atoms with Gasteiger partial charge in [0, 0.05) is 22.5 Å². The minimum absolute atomic E-state index is 0.0121. The molecule has 1 N–H and O–H groups in total. The van der Waals surface area contributed by atoms with Crippen LogP contribution < -0.4 is 9.46 Å². The highest BCUT2D eigenvalue weighted by atomic mass is 32.2. The van der Waals surface area contributed by atoms with Crippen LogP contribution in [0.1, 0.15) is 31.1 Å². The zero-order valence-corrected chi connectivity index (χ0v) is 16.3. The second kappa shape index (κ2) is 7.34. The number of hydrogen-bond acceptors (Lipinski definition) is 7. The van der Waals surface area contributed by atoms with E-state index in [1.54, 1.807) is 5.38 Å². The average Bonchev–Trinajstić information content (AvgIpc) is 3.23. The lowest BCUT2D eigenvalue weighted by Crippen LogP contribution is -2.17. The molecule has 154 valence electrons. The van der Waals surface area contributed by atoms with Gasteiger partial charge in [-0.05, 0) is 43.2 Å². The first-order valence-electron chi connectivity index (χ1n) is 8.51. The molecule has 0 aliphatic heterocycles. The van der Waals surface area contributed by atoms with Crippen LogP contribution in [-0.4, -0.2) is 24.9 Å². The molecule has 1 fully saturated rings. The zero-order valence-electron chi connectivity index (χ0n) is 14.6. The van der Waals surface area contributed by atoms with Crippen LogP contribution in [0.2, 0.25) is 0 Å². The highest BCUT2D eigenvalue weighted by Crippen LogP contribution is 2.36. The van der Waals surface area contributed by atoms with E-state index in [1.807, 2.05) is 0 Å². The standard InChI is InChI=1S/C17H14F3N3O4S2/c18-17(19,20)26-13-6-4-12(5-7-13)23-29(24,25)14-8-11(9-28-14)15-21-16(27-22-15)10-2-1-3-10/h4-10,23H,1-3H2. The van der Waals surface area contributed by atoms with Crippen molar-refractivity contribution >= 4 is 27.0 Å². The van der Waals surface area contributed by atoms with Crippen molar-refractivity contribution < 1.29 is 30.8 Å². The number of aromatic nitrogens is 2. The van der Waals surface area contributed by atoms with E-state index in [9.17, 15) is 21.6 Å². The van der Waals surface area contributed by atoms with Crippen molar-refractivity contribution in [1.29, 1.82) is 0 Å². The minimum Gasteiger partial charge on any atom is -0.406 e. The third-order valence-corrected chi connectivity index (χ3v) is 7.16. The first kappa shape index (κ1) is 19.7. The predicted octanol–water partition coefficient (Wildman–Crippen LogP) is 4.77. The van der Waals surface area contributed by atoms with Crippen LogP contribution >= 0.6 is 11.3 Å². The molecular formula is C17H14F3N3O4S2. The third kappa shape index (κ3) is 4.53. The Balaban J connectivity index is 1.47. The van der Waals surface area contributed by atoms with Crippen LogP contribution in [0.5, 0.6) is 5.75 Å². The maximum atomic E-state index is 12.6. The molecule has 12 heteroatoms. The Bertz CT molecular complexity index is 1100. The van der Waals surface area contributed by atoms with E-state index in [2.05, 4.69) is 19.6 Å². The Labute approximate surface area is 167 Å². The number of benzene rings is 1. The Morgan fingerprint density at radius 2 is 1.93 bits per heavy atom. The summed E-state index contributed by atoms with van der Waals surface area (Å²) in [5, 5.41) is 5.51. The number of halogens is 3. The number of hydrogen-bond donors (Lipinski definition) is 1. The fourth-order valence-corrected chi connectivity index (χ4v) is 4.90. The molecule has 3 aromatic rings. The van der Waals surface area contributed by atoms with Gasteiger partial charge < -0.3 is 9.26 Å². The summed E-state index contributed by atoms with van der Waals surface area (Å²) in [6, 6.07) is 5.82. The lowest BCUT2D eigenvalue weighted by molar-refractivity contribution is -0.274. The van der Waals surface area contributed by atoms with Gasteiger partial charge >= 0.3 is 6.36 Å². The molecular weight excluding hydrogens is 431 g/mol. The summed E-state index contributed by atoms with van der Waals surface area (Å²) >= 11 is 0.973. The predicted molar refractivity (Wildman–Crippen MR) is 98.1 cm³/mol. The number of rotatable bonds is 6. The van der Waals surface area contributed by atoms with Gasteiger partial charge in [-0.3, -0.25) is 4.72 Å². The minimum atomic E-state index is -4.82. The van der Waals surface area contributed by atoms with Gasteiger partial charge in [-0.15, -0.1) is 24.5 Å². The first-order chi connectivity index (χ1) is 13.7. The van der Waals surface area contributed by atoms with Crippen LogP contribution in [0.15, 0.2) is 44.4 Å². The van der Waals surface area contributed by atoms with E-state index in [4.69, 9.17) is 4.52 Å². The average molecular weight is 445 g/mol. The summed E-state index contributed by atoms with van der Waals surface area (Å²) < 4.78 is 73.0. The number of nitrogens with zero attached hydrogens (tertiary/aromatic N) is 2. The Kier molecular flexibility index (Phi) is 4.99. The summed E-state index contributed by atoms with van der Waals surface area (Å²) in [5.41, 5.74) is 0.611. The van der Waals surface area contributed by atoms with E-state index < -0.39 is 22.1 Å². The molecule has 1 aliphatic carbocycles. The number of nitrogens with one attached hydrogen (secondary N) is 1. The fraction of sp³-hybridized carbons (Fsp3) is 0.294. The van der Waals surface area contributed by atoms with Crippen molar-refractivity contribution in [2.24, 2.45) is 0 Å². The van der Waals surface area contributed by atoms with Crippen molar-refractivity contribution in [2.45, 2.75) is 35.8 Å². The van der Waals surface area contributed by atoms with Crippen molar-refractivity contribution in [3.05, 3.63) is 41.6 Å². The number of anilines is 1. The van der Waals surface area contributed by atoms with E-state index in [0.29, 0.717) is 17.3 Å². The van der Waals surface area contributed by atoms with Crippen LogP contribution in [0.25, 0.3) is 11.4 Å². The monoisotopic (exact) mass is 445 g/mol. The molecule has 1 aromatic carbocycles. The quantitative estimate of drug-likeness (QED) is 0.588. The van der Waals surface area contributed by atoms with Gasteiger partial charge in [-0.1, -0.05) is 11.6 Å². The topological polar surface area (TPSA) is 94.3 Å². The van der Waals surface area contributed by atoms with Crippen LogP contribution in [-0.2, 0) is 10.0 Å². The van der Waals surface area contributed by atoms with Crippen molar-refractivity contribution in [2.75, 3.05) is 4.72 Å². The summed E-state index contributed by atoms with van der Waals surface area (Å²) in [6.45, 7) is 0.